The van der Waals surface area contributed by atoms with Gasteiger partial charge in [0.15, 0.2) is 11.3 Å². The van der Waals surface area contributed by atoms with Crippen LogP contribution < -0.4 is 16.0 Å². The molecule has 0 aliphatic carbocycles. The smallest absolute Gasteiger partial charge is 0.408 e. The van der Waals surface area contributed by atoms with E-state index in [9.17, 15) is 4.79 Å². The number of carbonyl (C=O) groups excluding carboxylic acids is 1. The van der Waals surface area contributed by atoms with Crippen LogP contribution in [0.5, 0.6) is 0 Å². The molecule has 0 aliphatic rings. The van der Waals surface area contributed by atoms with E-state index in [0.717, 1.165) is 9.26 Å². The summed E-state index contributed by atoms with van der Waals surface area (Å²) < 4.78 is 3.90. The molecule has 1 atom stereocenters. The monoisotopic (exact) mass is 495 g/mol. The van der Waals surface area contributed by atoms with E-state index in [2.05, 4.69) is 38.5 Å². The summed E-state index contributed by atoms with van der Waals surface area (Å²) in [5.74, 6) is 0. The van der Waals surface area contributed by atoms with Gasteiger partial charge in [-0.25, -0.2) is 4.79 Å². The second-order valence-corrected chi connectivity index (χ2v) is 7.86. The summed E-state index contributed by atoms with van der Waals surface area (Å²) in [5.41, 5.74) is 0.791. The molecule has 0 heterocycles. The van der Waals surface area contributed by atoms with Crippen molar-refractivity contribution in [3.63, 3.8) is 0 Å². The Hall–Kier alpha value is -0.220. The van der Waals surface area contributed by atoms with Gasteiger partial charge in [0.05, 0.1) is 12.3 Å². The molecule has 0 aromatic heterocycles. The van der Waals surface area contributed by atoms with E-state index in [1.165, 1.54) is 0 Å². The Morgan fingerprint density at radius 1 is 1.36 bits per heavy atom. The Morgan fingerprint density at radius 3 is 2.55 bits per heavy atom. The van der Waals surface area contributed by atoms with Crippen LogP contribution in [-0.4, -0.2) is 27.8 Å². The molecule has 1 rings (SSSR count). The van der Waals surface area contributed by atoms with Gasteiger partial charge in [-0.1, -0.05) is 46.9 Å². The van der Waals surface area contributed by atoms with Crippen molar-refractivity contribution in [2.24, 2.45) is 0 Å². The van der Waals surface area contributed by atoms with Crippen LogP contribution in [0.25, 0.3) is 0 Å². The number of benzene rings is 1. The van der Waals surface area contributed by atoms with Gasteiger partial charge in [-0.2, -0.15) is 0 Å². The van der Waals surface area contributed by atoms with Crippen LogP contribution in [0.15, 0.2) is 24.3 Å². The minimum Gasteiger partial charge on any atom is -0.450 e. The average Bonchev–Trinajstić information content (AvgIpc) is 2.40. The van der Waals surface area contributed by atoms with Gasteiger partial charge in [-0.3, -0.25) is 5.32 Å². The maximum atomic E-state index is 11.5. The van der Waals surface area contributed by atoms with E-state index in [0.29, 0.717) is 0 Å². The van der Waals surface area contributed by atoms with Gasteiger partial charge in [0.25, 0.3) is 0 Å². The normalized spacial score (nSPS) is 12.2. The number of rotatable bonds is 4. The van der Waals surface area contributed by atoms with E-state index in [1.54, 1.807) is 6.92 Å². The number of carbonyl (C=O) groups is 1. The Labute approximate surface area is 162 Å². The van der Waals surface area contributed by atoms with E-state index >= 15 is 0 Å². The highest BCUT2D eigenvalue weighted by Gasteiger charge is 2.35. The zero-order chi connectivity index (χ0) is 16.8. The van der Waals surface area contributed by atoms with E-state index in [1.807, 2.05) is 24.3 Å². The zero-order valence-corrected chi connectivity index (χ0v) is 16.6. The second-order valence-electron chi connectivity index (χ2n) is 3.92. The number of hydrogen-bond acceptors (Lipinski definition) is 3. The van der Waals surface area contributed by atoms with E-state index < -0.39 is 16.1 Å². The number of amides is 1. The van der Waals surface area contributed by atoms with Crippen LogP contribution >= 0.6 is 69.6 Å². The molecule has 0 saturated heterocycles. The number of nitrogens with one attached hydrogen (secondary N) is 3. The number of thiocarbonyl (C=S) groups is 1. The fraction of sp³-hybridized carbons (Fsp3) is 0.333. The summed E-state index contributed by atoms with van der Waals surface area (Å²) >= 11 is 24.8. The molecule has 0 bridgehead atoms. The average molecular weight is 497 g/mol. The maximum absolute atomic E-state index is 11.5. The van der Waals surface area contributed by atoms with E-state index in [-0.39, 0.29) is 11.7 Å². The number of halogens is 4. The van der Waals surface area contributed by atoms with Crippen LogP contribution in [0.3, 0.4) is 0 Å². The third kappa shape index (κ3) is 6.91. The van der Waals surface area contributed by atoms with Gasteiger partial charge < -0.3 is 15.4 Å². The van der Waals surface area contributed by atoms with Crippen LogP contribution in [0, 0.1) is 3.57 Å². The Morgan fingerprint density at radius 2 is 2.00 bits per heavy atom. The fourth-order valence-corrected chi connectivity index (χ4v) is 2.42. The predicted octanol–water partition coefficient (Wildman–Crippen LogP) is 4.02. The second kappa shape index (κ2) is 9.17. The third-order valence-electron chi connectivity index (χ3n) is 2.26. The molecule has 10 heteroatoms. The molecular weight excluding hydrogens is 483 g/mol. The third-order valence-corrected chi connectivity index (χ3v) is 4.08. The Balaban J connectivity index is 2.71. The zero-order valence-electron chi connectivity index (χ0n) is 11.3. The van der Waals surface area contributed by atoms with Gasteiger partial charge >= 0.3 is 6.09 Å². The molecule has 0 fully saturated rings. The highest BCUT2D eigenvalue weighted by atomic mass is 127. The highest BCUT2D eigenvalue weighted by molar-refractivity contribution is 14.1. The number of anilines is 1. The van der Waals surface area contributed by atoms with Crippen molar-refractivity contribution >= 4 is 86.5 Å². The molecule has 3 N–H and O–H groups in total. The van der Waals surface area contributed by atoms with Gasteiger partial charge in [0.2, 0.25) is 3.79 Å². The van der Waals surface area contributed by atoms with Crippen molar-refractivity contribution in [2.45, 2.75) is 16.9 Å². The van der Waals surface area contributed by atoms with Crippen molar-refractivity contribution in [2.75, 3.05) is 11.9 Å². The first-order valence-corrected chi connectivity index (χ1v) is 8.68. The molecule has 0 aliphatic heterocycles. The Kier molecular flexibility index (Phi) is 8.26. The molecule has 0 spiro atoms. The number of para-hydroxylation sites is 1. The summed E-state index contributed by atoms with van der Waals surface area (Å²) in [6.45, 7) is 1.87. The molecule has 0 radical (unpaired) electrons. The minimum absolute atomic E-state index is 0.192. The van der Waals surface area contributed by atoms with Crippen molar-refractivity contribution in [3.8, 4) is 0 Å². The summed E-state index contributed by atoms with van der Waals surface area (Å²) in [5, 5.41) is 8.28. The first-order chi connectivity index (χ1) is 10.2. The van der Waals surface area contributed by atoms with Gasteiger partial charge in [-0.05, 0) is 53.9 Å². The van der Waals surface area contributed by atoms with Crippen molar-refractivity contribution in [1.82, 2.24) is 10.6 Å². The summed E-state index contributed by atoms with van der Waals surface area (Å²) in [6, 6.07) is 7.51. The van der Waals surface area contributed by atoms with Gasteiger partial charge in [0, 0.05) is 3.57 Å². The molecule has 1 amide bonds. The van der Waals surface area contributed by atoms with E-state index in [4.69, 9.17) is 51.8 Å². The first-order valence-electron chi connectivity index (χ1n) is 6.06. The molecule has 1 aromatic carbocycles. The summed E-state index contributed by atoms with van der Waals surface area (Å²) in [7, 11) is 0. The molecule has 1 aromatic rings. The van der Waals surface area contributed by atoms with Crippen LogP contribution in [0.2, 0.25) is 0 Å². The molecule has 1 unspecified atom stereocenters. The standard InChI is InChI=1S/C12H13Cl3IN3O2S/c1-2-21-11(20)19-9(12(13,14)15)18-10(22)17-8-6-4-3-5-7(8)16/h3-6,9H,2H2,1H3,(H,19,20)(H2,17,18,22). The van der Waals surface area contributed by atoms with Crippen molar-refractivity contribution in [3.05, 3.63) is 27.8 Å². The number of ether oxygens (including phenoxy) is 1. The summed E-state index contributed by atoms with van der Waals surface area (Å²) in [4.78, 5) is 11.5. The van der Waals surface area contributed by atoms with Crippen molar-refractivity contribution < 1.29 is 9.53 Å². The molecule has 5 nitrogen and oxygen atoms in total. The van der Waals surface area contributed by atoms with Gasteiger partial charge in [0.1, 0.15) is 0 Å². The van der Waals surface area contributed by atoms with Crippen LogP contribution in [-0.2, 0) is 4.74 Å². The lowest BCUT2D eigenvalue weighted by Crippen LogP contribution is -2.56. The highest BCUT2D eigenvalue weighted by Crippen LogP contribution is 2.29. The molecule has 0 saturated carbocycles. The lowest BCUT2D eigenvalue weighted by molar-refractivity contribution is 0.147. The van der Waals surface area contributed by atoms with Crippen molar-refractivity contribution in [1.29, 1.82) is 0 Å². The quantitative estimate of drug-likeness (QED) is 0.254. The van der Waals surface area contributed by atoms with Crippen LogP contribution in [0.4, 0.5) is 10.5 Å². The number of alkyl halides is 3. The SMILES string of the molecule is CCOC(=O)NC(NC(=S)Nc1ccccc1I)C(Cl)(Cl)Cl. The lowest BCUT2D eigenvalue weighted by Gasteiger charge is -2.27. The predicted molar refractivity (Wildman–Crippen MR) is 103 cm³/mol. The first kappa shape index (κ1) is 19.8. The number of hydrogen-bond donors (Lipinski definition) is 3. The molecular formula is C12H13Cl3IN3O2S. The summed E-state index contributed by atoms with van der Waals surface area (Å²) in [6.07, 6.45) is -1.78. The molecule has 122 valence electrons. The molecule has 22 heavy (non-hydrogen) atoms. The maximum Gasteiger partial charge on any atom is 0.408 e. The topological polar surface area (TPSA) is 62.4 Å². The van der Waals surface area contributed by atoms with Crippen LogP contribution in [0.1, 0.15) is 6.92 Å². The fourth-order valence-electron chi connectivity index (χ4n) is 1.34. The number of alkyl carbamates (subject to hydrolysis) is 1. The lowest BCUT2D eigenvalue weighted by atomic mass is 10.3. The minimum atomic E-state index is -1.82. The Bertz CT molecular complexity index is 543. The largest absolute Gasteiger partial charge is 0.450 e. The van der Waals surface area contributed by atoms with Gasteiger partial charge in [-0.15, -0.1) is 0 Å².